The summed E-state index contributed by atoms with van der Waals surface area (Å²) in [5.74, 6) is 0.213. The molecule has 1 unspecified atom stereocenters. The van der Waals surface area contributed by atoms with Crippen LogP contribution in [-0.4, -0.2) is 87.6 Å². The maximum atomic E-state index is 13.9. The van der Waals surface area contributed by atoms with Crippen molar-refractivity contribution in [1.82, 2.24) is 14.5 Å². The molecule has 3 fully saturated rings. The Hall–Kier alpha value is -3.15. The quantitative estimate of drug-likeness (QED) is 0.542. The maximum Gasteiger partial charge on any atom is 0.250 e. The zero-order valence-electron chi connectivity index (χ0n) is 21.5. The first-order chi connectivity index (χ1) is 18.3. The lowest BCUT2D eigenvalue weighted by atomic mass is 9.86. The minimum atomic E-state index is -3.72. The first-order valence-corrected chi connectivity index (χ1v) is 14.4. The van der Waals surface area contributed by atoms with Gasteiger partial charge >= 0.3 is 0 Å². The normalized spacial score (nSPS) is 21.7. The minimum Gasteiger partial charge on any atom is -0.497 e. The SMILES string of the molecule is COc1ccc(S(=O)(=O)N2CCC3(CC2)C(=O)N(CC(=O)NCC2CCCO2)CN3c2ccccc2)cc1. The van der Waals surface area contributed by atoms with Crippen LogP contribution in [0.4, 0.5) is 5.69 Å². The van der Waals surface area contributed by atoms with E-state index in [1.807, 2.05) is 35.2 Å². The molecule has 0 aliphatic carbocycles. The van der Waals surface area contributed by atoms with E-state index in [1.165, 1.54) is 23.5 Å². The fraction of sp³-hybridized carbons (Fsp3) is 0.481. The highest BCUT2D eigenvalue weighted by Crippen LogP contribution is 2.40. The van der Waals surface area contributed by atoms with Crippen LogP contribution in [-0.2, 0) is 24.3 Å². The lowest BCUT2D eigenvalue weighted by Crippen LogP contribution is -2.57. The molecule has 3 saturated heterocycles. The Balaban J connectivity index is 1.31. The zero-order valence-corrected chi connectivity index (χ0v) is 22.4. The van der Waals surface area contributed by atoms with Gasteiger partial charge in [-0.2, -0.15) is 4.31 Å². The highest BCUT2D eigenvalue weighted by atomic mass is 32.2. The van der Waals surface area contributed by atoms with Gasteiger partial charge in [0.2, 0.25) is 21.8 Å². The maximum absolute atomic E-state index is 13.9. The van der Waals surface area contributed by atoms with E-state index in [4.69, 9.17) is 9.47 Å². The summed E-state index contributed by atoms with van der Waals surface area (Å²) in [6.07, 6.45) is 2.58. The molecule has 3 aliphatic rings. The van der Waals surface area contributed by atoms with Gasteiger partial charge in [0.1, 0.15) is 17.8 Å². The molecule has 2 amide bonds. The standard InChI is InChI=1S/C27H34N4O6S/c1-36-22-9-11-24(12-10-22)38(34,35)30-15-13-27(14-16-30)26(33)29(20-31(27)21-6-3-2-4-7-21)19-25(32)28-18-23-8-5-17-37-23/h2-4,6-7,9-12,23H,5,8,13-20H2,1H3,(H,28,32). The van der Waals surface area contributed by atoms with E-state index in [1.54, 1.807) is 17.0 Å². The van der Waals surface area contributed by atoms with Gasteiger partial charge in [-0.25, -0.2) is 8.42 Å². The van der Waals surface area contributed by atoms with Crippen LogP contribution in [0.2, 0.25) is 0 Å². The smallest absolute Gasteiger partial charge is 0.250 e. The molecule has 0 bridgehead atoms. The van der Waals surface area contributed by atoms with Crippen molar-refractivity contribution >= 4 is 27.5 Å². The van der Waals surface area contributed by atoms with Gasteiger partial charge in [-0.1, -0.05) is 18.2 Å². The summed E-state index contributed by atoms with van der Waals surface area (Å²) in [4.78, 5) is 30.4. The van der Waals surface area contributed by atoms with Gasteiger partial charge in [-0.15, -0.1) is 0 Å². The van der Waals surface area contributed by atoms with Crippen LogP contribution in [0.25, 0.3) is 0 Å². The highest BCUT2D eigenvalue weighted by molar-refractivity contribution is 7.89. The Kier molecular flexibility index (Phi) is 7.60. The molecule has 1 atom stereocenters. The summed E-state index contributed by atoms with van der Waals surface area (Å²) in [6.45, 7) is 1.76. The molecule has 1 spiro atoms. The van der Waals surface area contributed by atoms with Crippen LogP contribution in [0.3, 0.4) is 0 Å². The van der Waals surface area contributed by atoms with Crippen molar-refractivity contribution in [2.75, 3.05) is 51.5 Å². The zero-order chi connectivity index (χ0) is 26.8. The molecule has 2 aromatic rings. The lowest BCUT2D eigenvalue weighted by Gasteiger charge is -2.42. The van der Waals surface area contributed by atoms with E-state index >= 15 is 0 Å². The number of sulfonamides is 1. The Morgan fingerprint density at radius 3 is 2.45 bits per heavy atom. The van der Waals surface area contributed by atoms with Crippen molar-refractivity contribution in [3.63, 3.8) is 0 Å². The molecular weight excluding hydrogens is 508 g/mol. The first kappa shape index (κ1) is 26.5. The van der Waals surface area contributed by atoms with E-state index < -0.39 is 15.6 Å². The van der Waals surface area contributed by atoms with Gasteiger partial charge in [-0.3, -0.25) is 9.59 Å². The number of rotatable bonds is 8. The molecule has 0 radical (unpaired) electrons. The Morgan fingerprint density at radius 1 is 1.11 bits per heavy atom. The molecule has 3 heterocycles. The molecule has 10 nitrogen and oxygen atoms in total. The van der Waals surface area contributed by atoms with E-state index in [9.17, 15) is 18.0 Å². The Morgan fingerprint density at radius 2 is 1.82 bits per heavy atom. The van der Waals surface area contributed by atoms with Crippen molar-refractivity contribution < 1.29 is 27.5 Å². The summed E-state index contributed by atoms with van der Waals surface area (Å²) in [5, 5.41) is 2.90. The molecule has 11 heteroatoms. The van der Waals surface area contributed by atoms with Crippen molar-refractivity contribution in [3.05, 3.63) is 54.6 Å². The van der Waals surface area contributed by atoms with E-state index in [0.717, 1.165) is 18.5 Å². The lowest BCUT2D eigenvalue weighted by molar-refractivity contribution is -0.137. The summed E-state index contributed by atoms with van der Waals surface area (Å²) in [7, 11) is -2.19. The van der Waals surface area contributed by atoms with Crippen LogP contribution in [0.15, 0.2) is 59.5 Å². The average Bonchev–Trinajstić information content (AvgIpc) is 3.56. The van der Waals surface area contributed by atoms with Crippen LogP contribution in [0.1, 0.15) is 25.7 Å². The van der Waals surface area contributed by atoms with E-state index in [-0.39, 0.29) is 49.1 Å². The number of methoxy groups -OCH3 is 1. The number of hydrogen-bond donors (Lipinski definition) is 1. The topological polar surface area (TPSA) is 108 Å². The molecular formula is C27H34N4O6S. The third kappa shape index (κ3) is 5.10. The summed E-state index contributed by atoms with van der Waals surface area (Å²) in [5.41, 5.74) is -0.0446. The number of para-hydroxylation sites is 1. The number of nitrogens with zero attached hydrogens (tertiary/aromatic N) is 3. The van der Waals surface area contributed by atoms with Crippen molar-refractivity contribution in [3.8, 4) is 5.75 Å². The van der Waals surface area contributed by atoms with Gasteiger partial charge in [0.25, 0.3) is 0 Å². The second kappa shape index (κ2) is 10.9. The molecule has 5 rings (SSSR count). The fourth-order valence-corrected chi connectivity index (χ4v) is 7.02. The van der Waals surface area contributed by atoms with Crippen molar-refractivity contribution in [2.45, 2.75) is 42.2 Å². The molecule has 1 N–H and O–H groups in total. The number of carbonyl (C=O) groups excluding carboxylic acids is 2. The predicted octanol–water partition coefficient (Wildman–Crippen LogP) is 1.82. The number of anilines is 1. The van der Waals surface area contributed by atoms with Crippen LogP contribution >= 0.6 is 0 Å². The van der Waals surface area contributed by atoms with E-state index in [2.05, 4.69) is 5.32 Å². The molecule has 0 aromatic heterocycles. The summed E-state index contributed by atoms with van der Waals surface area (Å²) in [6, 6.07) is 15.9. The first-order valence-electron chi connectivity index (χ1n) is 13.0. The minimum absolute atomic E-state index is 0.0253. The Labute approximate surface area is 223 Å². The number of piperidine rings is 1. The van der Waals surface area contributed by atoms with Crippen molar-refractivity contribution in [1.29, 1.82) is 0 Å². The molecule has 3 aliphatic heterocycles. The number of amides is 2. The van der Waals surface area contributed by atoms with Gasteiger partial charge < -0.3 is 24.6 Å². The van der Waals surface area contributed by atoms with Gasteiger partial charge in [0, 0.05) is 31.9 Å². The third-order valence-corrected chi connectivity index (χ3v) is 9.63. The Bertz CT molecular complexity index is 1240. The van der Waals surface area contributed by atoms with Gasteiger partial charge in [-0.05, 0) is 62.1 Å². The summed E-state index contributed by atoms with van der Waals surface area (Å²) >= 11 is 0. The molecule has 38 heavy (non-hydrogen) atoms. The monoisotopic (exact) mass is 542 g/mol. The predicted molar refractivity (Wildman–Crippen MR) is 141 cm³/mol. The number of hydrogen-bond acceptors (Lipinski definition) is 7. The average molecular weight is 543 g/mol. The van der Waals surface area contributed by atoms with Crippen LogP contribution in [0, 0.1) is 0 Å². The largest absolute Gasteiger partial charge is 0.497 e. The number of ether oxygens (including phenoxy) is 2. The second-order valence-electron chi connectivity index (χ2n) is 9.96. The van der Waals surface area contributed by atoms with Crippen LogP contribution in [0.5, 0.6) is 5.75 Å². The summed E-state index contributed by atoms with van der Waals surface area (Å²) < 4.78 is 38.8. The fourth-order valence-electron chi connectivity index (χ4n) is 5.58. The number of benzene rings is 2. The number of carbonyl (C=O) groups is 2. The van der Waals surface area contributed by atoms with Gasteiger partial charge in [0.15, 0.2) is 0 Å². The number of nitrogens with one attached hydrogen (secondary N) is 1. The van der Waals surface area contributed by atoms with Gasteiger partial charge in [0.05, 0.1) is 24.8 Å². The highest BCUT2D eigenvalue weighted by Gasteiger charge is 2.55. The molecule has 0 saturated carbocycles. The van der Waals surface area contributed by atoms with E-state index in [0.29, 0.717) is 31.7 Å². The third-order valence-electron chi connectivity index (χ3n) is 7.71. The second-order valence-corrected chi connectivity index (χ2v) is 11.9. The van der Waals surface area contributed by atoms with Crippen molar-refractivity contribution in [2.24, 2.45) is 0 Å². The molecule has 204 valence electrons. The molecule has 2 aromatic carbocycles. The van der Waals surface area contributed by atoms with Crippen LogP contribution < -0.4 is 15.0 Å².